The van der Waals surface area contributed by atoms with E-state index in [0.717, 1.165) is 16.5 Å². The molecule has 0 atom stereocenters. The van der Waals surface area contributed by atoms with Gasteiger partial charge in [0.25, 0.3) is 0 Å². The molecular formula is C32H33N6Na2O8+. The molecule has 48 heavy (non-hydrogen) atoms. The standard InChI is InChI=1S/C13H12N2O2.C7H8O.C6H4N2O.C6H7NO.HNO2.2Na.H2O/c1-9-8-12(17)6-7-13(9)15-14-10-2-4-11(16)5-3-10;1-6-3-2-4-7(8)5-6;7-8-5-1-3-6(9)4-2-5;7-5-1-3-6(8)4-2-5;2-1-3;;;/h2-8,16-17H,1H3;2-5,8H,1H3;1-4H;1-4,8H,7H2;(H,2,3);;;1H2/q;;;;;2*+1;/p-1. The van der Waals surface area contributed by atoms with Gasteiger partial charge in [-0.05, 0) is 116 Å². The fraction of sp³-hybridized carbons (Fsp3) is 0.0625. The minimum atomic E-state index is 0. The van der Waals surface area contributed by atoms with E-state index in [1.807, 2.05) is 26.0 Å². The van der Waals surface area contributed by atoms with Crippen LogP contribution < -0.4 is 64.8 Å². The Balaban J connectivity index is -0.000000565. The van der Waals surface area contributed by atoms with Crippen LogP contribution in [0.1, 0.15) is 11.1 Å². The van der Waals surface area contributed by atoms with Crippen molar-refractivity contribution in [3.05, 3.63) is 141 Å². The first kappa shape index (κ1) is 47.7. The van der Waals surface area contributed by atoms with E-state index in [0.29, 0.717) is 28.5 Å². The van der Waals surface area contributed by atoms with Gasteiger partial charge >= 0.3 is 64.8 Å². The van der Waals surface area contributed by atoms with Gasteiger partial charge in [-0.25, -0.2) is 0 Å². The Morgan fingerprint density at radius 3 is 1.48 bits per heavy atom. The van der Waals surface area contributed by atoms with E-state index >= 15 is 0 Å². The summed E-state index contributed by atoms with van der Waals surface area (Å²) in [4.78, 5) is 10.9. The van der Waals surface area contributed by atoms with E-state index in [1.54, 1.807) is 78.9 Å². The van der Waals surface area contributed by atoms with Gasteiger partial charge in [0.05, 0.1) is 11.4 Å². The summed E-state index contributed by atoms with van der Waals surface area (Å²) in [6, 6.07) is 30.8. The second-order valence-corrected chi connectivity index (χ2v) is 8.81. The molecule has 0 spiro atoms. The van der Waals surface area contributed by atoms with E-state index in [9.17, 15) is 5.11 Å². The molecule has 0 bridgehead atoms. The molecule has 0 aliphatic carbocycles. The van der Waals surface area contributed by atoms with Crippen LogP contribution in [-0.2, 0) is 0 Å². The number of anilines is 1. The van der Waals surface area contributed by atoms with Crippen molar-refractivity contribution < 1.29 is 90.1 Å². The van der Waals surface area contributed by atoms with Crippen LogP contribution in [0.3, 0.4) is 0 Å². The van der Waals surface area contributed by atoms with Crippen LogP contribution >= 0.6 is 0 Å². The number of diazo groups is 1. The van der Waals surface area contributed by atoms with Gasteiger partial charge in [0.2, 0.25) is 5.39 Å². The smallest absolute Gasteiger partial charge is 0.870 e. The molecule has 14 nitrogen and oxygen atoms in total. The van der Waals surface area contributed by atoms with E-state index in [4.69, 9.17) is 41.7 Å². The number of nitrogen functional groups attached to an aromatic ring is 1. The van der Waals surface area contributed by atoms with Gasteiger partial charge in [-0.2, -0.15) is 10.2 Å². The zero-order valence-corrected chi connectivity index (χ0v) is 30.8. The zero-order chi connectivity index (χ0) is 33.6. The van der Waals surface area contributed by atoms with E-state index in [-0.39, 0.29) is 87.6 Å². The molecule has 8 N–H and O–H groups in total. The third-order valence-corrected chi connectivity index (χ3v) is 5.16. The number of phenolic OH excluding ortho intramolecular Hbond substituents is 5. The van der Waals surface area contributed by atoms with E-state index in [2.05, 4.69) is 15.2 Å². The summed E-state index contributed by atoms with van der Waals surface area (Å²) >= 11 is 0. The first-order chi connectivity index (χ1) is 21.5. The Bertz CT molecular complexity index is 1630. The number of nitrogens with two attached hydrogens (primary N) is 1. The topological polar surface area (TPSA) is 263 Å². The molecule has 5 aromatic rings. The number of hydrogen-bond donors (Lipinski definition) is 6. The van der Waals surface area contributed by atoms with Crippen LogP contribution in [0.2, 0.25) is 0 Å². The first-order valence-corrected chi connectivity index (χ1v) is 12.9. The second kappa shape index (κ2) is 27.4. The van der Waals surface area contributed by atoms with Crippen molar-refractivity contribution in [1.29, 1.82) is 5.39 Å². The van der Waals surface area contributed by atoms with E-state index in [1.165, 1.54) is 24.3 Å². The van der Waals surface area contributed by atoms with Crippen LogP contribution in [-0.4, -0.2) is 31.0 Å². The summed E-state index contributed by atoms with van der Waals surface area (Å²) in [6.07, 6.45) is 0. The molecule has 0 heterocycles. The second-order valence-electron chi connectivity index (χ2n) is 8.81. The number of nitrogens with zero attached hydrogens (tertiary/aromatic N) is 5. The van der Waals surface area contributed by atoms with Crippen molar-refractivity contribution in [2.24, 2.45) is 15.6 Å². The molecule has 0 aliphatic heterocycles. The Morgan fingerprint density at radius 1 is 0.646 bits per heavy atom. The summed E-state index contributed by atoms with van der Waals surface area (Å²) < 4.78 is 0. The van der Waals surface area contributed by atoms with Crippen molar-refractivity contribution in [2.75, 3.05) is 5.73 Å². The number of aromatic hydroxyl groups is 5. The third-order valence-electron chi connectivity index (χ3n) is 5.16. The minimum absolute atomic E-state index is 0. The van der Waals surface area contributed by atoms with Crippen LogP contribution in [0.15, 0.2) is 131 Å². The molecular weight excluding hydrogens is 642 g/mol. The average Bonchev–Trinajstić information content (AvgIpc) is 3.01. The predicted molar refractivity (Wildman–Crippen MR) is 174 cm³/mol. The maximum Gasteiger partial charge on any atom is 1.00 e. The fourth-order valence-electron chi connectivity index (χ4n) is 3.00. The molecule has 240 valence electrons. The van der Waals surface area contributed by atoms with Crippen molar-refractivity contribution >= 4 is 22.7 Å². The van der Waals surface area contributed by atoms with Crippen LogP contribution in [0.4, 0.5) is 22.7 Å². The number of benzene rings is 5. The number of hydrogen-bond acceptors (Lipinski definition) is 13. The Labute approximate surface area is 321 Å². The molecule has 0 amide bonds. The van der Waals surface area contributed by atoms with Gasteiger partial charge in [0, 0.05) is 17.8 Å². The van der Waals surface area contributed by atoms with Gasteiger partial charge in [-0.1, -0.05) is 12.1 Å². The van der Waals surface area contributed by atoms with Gasteiger partial charge < -0.3 is 46.9 Å². The van der Waals surface area contributed by atoms with Crippen molar-refractivity contribution in [2.45, 2.75) is 13.8 Å². The number of azo groups is 1. The quantitative estimate of drug-likeness (QED) is 0.0303. The van der Waals surface area contributed by atoms with Crippen LogP contribution in [0, 0.1) is 29.4 Å². The number of aryl methyl sites for hydroxylation is 2. The van der Waals surface area contributed by atoms with Crippen molar-refractivity contribution in [3.8, 4) is 28.7 Å². The molecule has 5 rings (SSSR count). The van der Waals surface area contributed by atoms with Crippen molar-refractivity contribution in [1.82, 2.24) is 0 Å². The molecule has 0 aliphatic rings. The molecule has 5 aromatic carbocycles. The summed E-state index contributed by atoms with van der Waals surface area (Å²) in [5.41, 5.74) is 9.73. The van der Waals surface area contributed by atoms with Crippen LogP contribution in [0.25, 0.3) is 4.98 Å². The Kier molecular flexibility index (Phi) is 27.2. The Hall–Kier alpha value is -4.72. The SMILES string of the molecule is Cc1cc(O)ccc1N=Nc1ccc(O)cc1.Cc1cccc(O)c1.N#[N+]c1ccc(O)cc1.Nc1ccc(O)cc1.O=N[O-].[Na+].[Na+].[OH-]. The summed E-state index contributed by atoms with van der Waals surface area (Å²) in [5.74, 6) is 1.17. The number of phenols is 5. The predicted octanol–water partition coefficient (Wildman–Crippen LogP) is 2.46. The summed E-state index contributed by atoms with van der Waals surface area (Å²) in [7, 11) is 0. The van der Waals surface area contributed by atoms with Gasteiger partial charge in [0.15, 0.2) is 4.98 Å². The molecule has 16 heteroatoms. The number of rotatable bonds is 2. The Morgan fingerprint density at radius 2 is 1.08 bits per heavy atom. The summed E-state index contributed by atoms with van der Waals surface area (Å²) in [5, 5.41) is 69.9. The van der Waals surface area contributed by atoms with Crippen molar-refractivity contribution in [3.63, 3.8) is 0 Å². The normalized spacial score (nSPS) is 8.69. The molecule has 0 unspecified atom stereocenters. The van der Waals surface area contributed by atoms with E-state index < -0.39 is 0 Å². The first-order valence-electron chi connectivity index (χ1n) is 12.9. The summed E-state index contributed by atoms with van der Waals surface area (Å²) in [6.45, 7) is 3.80. The molecule has 0 radical (unpaired) electrons. The monoisotopic (exact) mass is 675 g/mol. The third kappa shape index (κ3) is 21.9. The minimum Gasteiger partial charge on any atom is -0.870 e. The molecule has 0 fully saturated rings. The molecule has 0 saturated heterocycles. The van der Waals surface area contributed by atoms with Gasteiger partial charge in [-0.15, -0.1) is 5.34 Å². The maximum atomic E-state index is 9.25. The molecule has 0 aromatic heterocycles. The van der Waals surface area contributed by atoms with Gasteiger partial charge in [-0.3, -0.25) is 0 Å². The van der Waals surface area contributed by atoms with Gasteiger partial charge in [0.1, 0.15) is 28.7 Å². The molecule has 0 saturated carbocycles. The zero-order valence-electron chi connectivity index (χ0n) is 26.8. The maximum absolute atomic E-state index is 9.25. The largest absolute Gasteiger partial charge is 1.00 e. The fourth-order valence-corrected chi connectivity index (χ4v) is 3.00. The van der Waals surface area contributed by atoms with Crippen LogP contribution in [0.5, 0.6) is 28.7 Å². The average molecular weight is 676 g/mol.